The second kappa shape index (κ2) is 7.58. The van der Waals surface area contributed by atoms with Crippen molar-refractivity contribution in [3.05, 3.63) is 28.7 Å². The summed E-state index contributed by atoms with van der Waals surface area (Å²) in [7, 11) is -3.55. The molecule has 0 spiro atoms. The quantitative estimate of drug-likeness (QED) is 0.791. The SMILES string of the molecule is C[C@@H](N)C(=O)NCC(C)(C)S(=O)(=O)c1ccc(Br)cc1.Cl. The summed E-state index contributed by atoms with van der Waals surface area (Å²) in [5.74, 6) is -0.371. The van der Waals surface area contributed by atoms with E-state index < -0.39 is 20.6 Å². The highest BCUT2D eigenvalue weighted by Gasteiger charge is 2.36. The summed E-state index contributed by atoms with van der Waals surface area (Å²) in [6.45, 7) is 4.70. The second-order valence-electron chi connectivity index (χ2n) is 5.22. The van der Waals surface area contributed by atoms with Gasteiger partial charge in [-0.1, -0.05) is 15.9 Å². The molecule has 0 saturated heterocycles. The lowest BCUT2D eigenvalue weighted by Gasteiger charge is -2.25. The molecular weight excluding hydrogens is 380 g/mol. The van der Waals surface area contributed by atoms with Crippen molar-refractivity contribution in [1.82, 2.24) is 5.32 Å². The van der Waals surface area contributed by atoms with E-state index in [-0.39, 0.29) is 29.8 Å². The number of nitrogens with one attached hydrogen (secondary N) is 1. The van der Waals surface area contributed by atoms with Crippen LogP contribution >= 0.6 is 28.3 Å². The molecule has 0 fully saturated rings. The molecule has 0 heterocycles. The summed E-state index contributed by atoms with van der Waals surface area (Å²) in [6, 6.07) is 5.75. The van der Waals surface area contributed by atoms with Crippen molar-refractivity contribution in [2.75, 3.05) is 6.54 Å². The number of halogens is 2. The first-order valence-electron chi connectivity index (χ1n) is 6.11. The number of hydrogen-bond donors (Lipinski definition) is 2. The van der Waals surface area contributed by atoms with Crippen LogP contribution in [-0.4, -0.2) is 31.7 Å². The zero-order valence-electron chi connectivity index (χ0n) is 12.1. The van der Waals surface area contributed by atoms with Gasteiger partial charge in [0.05, 0.1) is 15.7 Å². The summed E-state index contributed by atoms with van der Waals surface area (Å²) < 4.78 is 24.8. The number of hydrogen-bond acceptors (Lipinski definition) is 4. The van der Waals surface area contributed by atoms with E-state index in [0.717, 1.165) is 4.47 Å². The molecule has 1 aromatic rings. The summed E-state index contributed by atoms with van der Waals surface area (Å²) in [4.78, 5) is 11.7. The Morgan fingerprint density at radius 3 is 2.24 bits per heavy atom. The molecule has 3 N–H and O–H groups in total. The minimum atomic E-state index is -3.55. The van der Waals surface area contributed by atoms with Crippen molar-refractivity contribution in [2.24, 2.45) is 5.73 Å². The van der Waals surface area contributed by atoms with Crippen molar-refractivity contribution in [3.8, 4) is 0 Å². The van der Waals surface area contributed by atoms with Crippen LogP contribution in [-0.2, 0) is 14.6 Å². The van der Waals surface area contributed by atoms with E-state index in [4.69, 9.17) is 5.73 Å². The molecule has 0 radical (unpaired) electrons. The van der Waals surface area contributed by atoms with Crippen LogP contribution in [0.25, 0.3) is 0 Å². The Hall–Kier alpha value is -0.630. The van der Waals surface area contributed by atoms with Crippen LogP contribution in [0.4, 0.5) is 0 Å². The Balaban J connectivity index is 0.00000400. The first-order valence-corrected chi connectivity index (χ1v) is 8.39. The number of carbonyl (C=O) groups is 1. The highest BCUT2D eigenvalue weighted by molar-refractivity contribution is 9.10. The number of carbonyl (C=O) groups excluding carboxylic acids is 1. The highest BCUT2D eigenvalue weighted by Crippen LogP contribution is 2.26. The van der Waals surface area contributed by atoms with Gasteiger partial charge in [-0.2, -0.15) is 0 Å². The van der Waals surface area contributed by atoms with Crippen molar-refractivity contribution in [3.63, 3.8) is 0 Å². The lowest BCUT2D eigenvalue weighted by molar-refractivity contribution is -0.122. The van der Waals surface area contributed by atoms with Crippen molar-refractivity contribution >= 4 is 44.1 Å². The van der Waals surface area contributed by atoms with Gasteiger partial charge in [0.1, 0.15) is 0 Å². The molecule has 0 saturated carbocycles. The third-order valence-electron chi connectivity index (χ3n) is 2.95. The molecule has 8 heteroatoms. The van der Waals surface area contributed by atoms with Crippen LogP contribution in [0, 0.1) is 0 Å². The third-order valence-corrected chi connectivity index (χ3v) is 5.97. The van der Waals surface area contributed by atoms with Crippen molar-refractivity contribution in [1.29, 1.82) is 0 Å². The van der Waals surface area contributed by atoms with Gasteiger partial charge in [-0.3, -0.25) is 4.79 Å². The first kappa shape index (κ1) is 20.4. The molecule has 0 aromatic heterocycles. The highest BCUT2D eigenvalue weighted by atomic mass is 79.9. The molecule has 5 nitrogen and oxygen atoms in total. The molecule has 1 aromatic carbocycles. The summed E-state index contributed by atoms with van der Waals surface area (Å²) in [6.07, 6.45) is 0. The van der Waals surface area contributed by atoms with E-state index in [1.165, 1.54) is 12.1 Å². The van der Waals surface area contributed by atoms with E-state index in [0.29, 0.717) is 0 Å². The number of benzene rings is 1. The molecule has 21 heavy (non-hydrogen) atoms. The number of rotatable bonds is 5. The molecule has 0 bridgehead atoms. The average molecular weight is 400 g/mol. The van der Waals surface area contributed by atoms with Crippen LogP contribution in [0.2, 0.25) is 0 Å². The van der Waals surface area contributed by atoms with Crippen LogP contribution in [0.5, 0.6) is 0 Å². The molecule has 0 aliphatic heterocycles. The number of nitrogens with two attached hydrogens (primary N) is 1. The predicted molar refractivity (Wildman–Crippen MR) is 89.3 cm³/mol. The van der Waals surface area contributed by atoms with Crippen molar-refractivity contribution in [2.45, 2.75) is 36.5 Å². The third kappa shape index (κ3) is 4.95. The zero-order chi connectivity index (χ0) is 15.6. The largest absolute Gasteiger partial charge is 0.353 e. The van der Waals surface area contributed by atoms with E-state index in [9.17, 15) is 13.2 Å². The second-order valence-corrected chi connectivity index (χ2v) is 8.72. The predicted octanol–water partition coefficient (Wildman–Crippen LogP) is 1.89. The Morgan fingerprint density at radius 2 is 1.81 bits per heavy atom. The monoisotopic (exact) mass is 398 g/mol. The van der Waals surface area contributed by atoms with E-state index in [1.807, 2.05) is 0 Å². The van der Waals surface area contributed by atoms with Gasteiger partial charge in [0.25, 0.3) is 0 Å². The maximum atomic E-state index is 12.5. The molecule has 1 amide bonds. The fourth-order valence-corrected chi connectivity index (χ4v) is 3.15. The average Bonchev–Trinajstić information content (AvgIpc) is 2.36. The fraction of sp³-hybridized carbons (Fsp3) is 0.462. The van der Waals surface area contributed by atoms with Gasteiger partial charge >= 0.3 is 0 Å². The van der Waals surface area contributed by atoms with Gasteiger partial charge in [0.2, 0.25) is 5.91 Å². The molecule has 1 atom stereocenters. The molecule has 0 unspecified atom stereocenters. The molecule has 120 valence electrons. The topological polar surface area (TPSA) is 89.3 Å². The summed E-state index contributed by atoms with van der Waals surface area (Å²) >= 11 is 3.26. The number of sulfone groups is 1. The smallest absolute Gasteiger partial charge is 0.236 e. The van der Waals surface area contributed by atoms with Gasteiger partial charge < -0.3 is 11.1 Å². The lowest BCUT2D eigenvalue weighted by atomic mass is 10.2. The molecule has 0 aliphatic carbocycles. The lowest BCUT2D eigenvalue weighted by Crippen LogP contribution is -2.48. The number of amides is 1. The normalized spacial score (nSPS) is 13.2. The zero-order valence-corrected chi connectivity index (χ0v) is 15.3. The van der Waals surface area contributed by atoms with Crippen LogP contribution in [0.1, 0.15) is 20.8 Å². The Labute approximate surface area is 140 Å². The summed E-state index contributed by atoms with van der Waals surface area (Å²) in [5, 5.41) is 2.56. The van der Waals surface area contributed by atoms with Crippen LogP contribution in [0.15, 0.2) is 33.6 Å². The van der Waals surface area contributed by atoms with Crippen LogP contribution in [0.3, 0.4) is 0 Å². The van der Waals surface area contributed by atoms with Crippen LogP contribution < -0.4 is 11.1 Å². The van der Waals surface area contributed by atoms with E-state index >= 15 is 0 Å². The van der Waals surface area contributed by atoms with E-state index in [1.54, 1.807) is 32.9 Å². The minimum Gasteiger partial charge on any atom is -0.353 e. The maximum absolute atomic E-state index is 12.5. The Kier molecular flexibility index (Phi) is 7.35. The fourth-order valence-electron chi connectivity index (χ4n) is 1.49. The molecular formula is C13H20BrClN2O3S. The maximum Gasteiger partial charge on any atom is 0.236 e. The Morgan fingerprint density at radius 1 is 1.33 bits per heavy atom. The van der Waals surface area contributed by atoms with Gasteiger partial charge in [-0.15, -0.1) is 12.4 Å². The molecule has 1 rings (SSSR count). The molecule has 0 aliphatic rings. The minimum absolute atomic E-state index is 0. The van der Waals surface area contributed by atoms with E-state index in [2.05, 4.69) is 21.2 Å². The first-order chi connectivity index (χ1) is 9.08. The van der Waals surface area contributed by atoms with Gasteiger partial charge in [0.15, 0.2) is 9.84 Å². The van der Waals surface area contributed by atoms with Gasteiger partial charge in [-0.25, -0.2) is 8.42 Å². The standard InChI is InChI=1S/C13H19BrN2O3S.ClH/c1-9(15)12(17)16-8-13(2,3)20(18,19)11-6-4-10(14)5-7-11;/h4-7,9H,8,15H2,1-3H3,(H,16,17);1H/t9-;/m1./s1. The van der Waals surface area contributed by atoms with Crippen molar-refractivity contribution < 1.29 is 13.2 Å². The Bertz CT molecular complexity index is 586. The summed E-state index contributed by atoms with van der Waals surface area (Å²) in [5.41, 5.74) is 5.44. The van der Waals surface area contributed by atoms with Gasteiger partial charge in [-0.05, 0) is 45.0 Å². The van der Waals surface area contributed by atoms with Gasteiger partial charge in [0, 0.05) is 11.0 Å².